The molecule has 0 fully saturated rings. The van der Waals surface area contributed by atoms with Crippen LogP contribution in [0.3, 0.4) is 0 Å². The quantitative estimate of drug-likeness (QED) is 0.227. The van der Waals surface area contributed by atoms with Crippen LogP contribution in [0.25, 0.3) is 21.8 Å². The van der Waals surface area contributed by atoms with Crippen molar-refractivity contribution in [2.24, 2.45) is 0 Å². The molecular weight excluding hydrogens is 512 g/mol. The van der Waals surface area contributed by atoms with Gasteiger partial charge >= 0.3 is 0 Å². The molecule has 2 aliphatic heterocycles. The van der Waals surface area contributed by atoms with E-state index in [1.807, 2.05) is 0 Å². The molecule has 212 valence electrons. The first kappa shape index (κ1) is 26.8. The maximum Gasteiger partial charge on any atom is 0.0489 e. The van der Waals surface area contributed by atoms with Crippen LogP contribution in [-0.2, 0) is 39.0 Å². The molecule has 0 saturated heterocycles. The fraction of sp³-hybridized carbons (Fsp3) is 0.263. The standard InChI is InChI=1S/2C19H20N2/c2*1-20-12-11-19-17(14-20)16-9-5-6-10-18(16)21(19)13-15-7-3-2-4-8-15/h2*2-10H,11-14H2,1H3. The lowest BCUT2D eigenvalue weighted by atomic mass is 10.1. The van der Waals surface area contributed by atoms with Crippen LogP contribution in [0.5, 0.6) is 0 Å². The Bertz CT molecular complexity index is 1680. The van der Waals surface area contributed by atoms with Crippen molar-refractivity contribution in [1.29, 1.82) is 0 Å². The van der Waals surface area contributed by atoms with Crippen molar-refractivity contribution in [2.45, 2.75) is 39.0 Å². The van der Waals surface area contributed by atoms with Crippen LogP contribution >= 0.6 is 0 Å². The van der Waals surface area contributed by atoms with Gasteiger partial charge in [-0.05, 0) is 48.5 Å². The average Bonchev–Trinajstić information content (AvgIpc) is 3.50. The highest BCUT2D eigenvalue weighted by Gasteiger charge is 2.23. The zero-order valence-corrected chi connectivity index (χ0v) is 24.8. The number of benzene rings is 4. The summed E-state index contributed by atoms with van der Waals surface area (Å²) < 4.78 is 5.04. The maximum atomic E-state index is 2.52. The van der Waals surface area contributed by atoms with E-state index in [-0.39, 0.29) is 0 Å². The molecule has 0 saturated carbocycles. The molecule has 4 heterocycles. The van der Waals surface area contributed by atoms with E-state index in [2.05, 4.69) is 142 Å². The predicted octanol–water partition coefficient (Wildman–Crippen LogP) is 7.36. The minimum Gasteiger partial charge on any atom is -0.340 e. The number of hydrogen-bond acceptors (Lipinski definition) is 2. The minimum atomic E-state index is 0.973. The molecule has 4 nitrogen and oxygen atoms in total. The number of hydrogen-bond donors (Lipinski definition) is 0. The van der Waals surface area contributed by atoms with E-state index < -0.39 is 0 Å². The lowest BCUT2D eigenvalue weighted by molar-refractivity contribution is 0.310. The monoisotopic (exact) mass is 552 g/mol. The summed E-state index contributed by atoms with van der Waals surface area (Å²) in [6.45, 7) is 6.38. The van der Waals surface area contributed by atoms with Gasteiger partial charge in [0.15, 0.2) is 0 Å². The van der Waals surface area contributed by atoms with E-state index in [0.29, 0.717) is 0 Å². The summed E-state index contributed by atoms with van der Waals surface area (Å²) in [6, 6.07) is 39.2. The summed E-state index contributed by atoms with van der Waals surface area (Å²) in [4.78, 5) is 4.84. The normalized spacial score (nSPS) is 15.3. The van der Waals surface area contributed by atoms with Gasteiger partial charge in [0.2, 0.25) is 0 Å². The van der Waals surface area contributed by atoms with Crippen LogP contribution in [-0.4, -0.2) is 46.1 Å². The second-order valence-corrected chi connectivity index (χ2v) is 12.0. The first-order valence-corrected chi connectivity index (χ1v) is 15.3. The van der Waals surface area contributed by atoms with E-state index in [4.69, 9.17) is 0 Å². The molecule has 0 bridgehead atoms. The topological polar surface area (TPSA) is 16.3 Å². The summed E-state index contributed by atoms with van der Waals surface area (Å²) >= 11 is 0. The molecule has 2 aromatic heterocycles. The largest absolute Gasteiger partial charge is 0.340 e. The number of rotatable bonds is 4. The Labute approximate surface area is 249 Å². The molecule has 0 N–H and O–H groups in total. The van der Waals surface area contributed by atoms with Crippen molar-refractivity contribution < 1.29 is 0 Å². The molecule has 0 radical (unpaired) electrons. The molecule has 4 aromatic carbocycles. The van der Waals surface area contributed by atoms with Crippen LogP contribution in [0, 0.1) is 0 Å². The molecule has 8 rings (SSSR count). The third kappa shape index (κ3) is 5.17. The van der Waals surface area contributed by atoms with Gasteiger partial charge in [-0.25, -0.2) is 0 Å². The molecule has 42 heavy (non-hydrogen) atoms. The van der Waals surface area contributed by atoms with Gasteiger partial charge in [-0.2, -0.15) is 0 Å². The Hall–Kier alpha value is -4.12. The molecule has 0 spiro atoms. The summed E-state index contributed by atoms with van der Waals surface area (Å²) in [7, 11) is 4.43. The van der Waals surface area contributed by atoms with E-state index in [1.165, 1.54) is 55.4 Å². The van der Waals surface area contributed by atoms with E-state index in [9.17, 15) is 0 Å². The van der Waals surface area contributed by atoms with E-state index in [1.54, 1.807) is 0 Å². The van der Waals surface area contributed by atoms with Crippen molar-refractivity contribution in [2.75, 3.05) is 27.2 Å². The summed E-state index contributed by atoms with van der Waals surface area (Å²) in [6.07, 6.45) is 2.29. The van der Waals surface area contributed by atoms with Crippen LogP contribution < -0.4 is 0 Å². The summed E-state index contributed by atoms with van der Waals surface area (Å²) in [5.74, 6) is 0. The lowest BCUT2D eigenvalue weighted by Gasteiger charge is -2.24. The summed E-state index contributed by atoms with van der Waals surface area (Å²) in [5.41, 5.74) is 11.6. The van der Waals surface area contributed by atoms with Gasteiger partial charge in [-0.15, -0.1) is 0 Å². The molecule has 0 aliphatic carbocycles. The summed E-state index contributed by atoms with van der Waals surface area (Å²) in [5, 5.41) is 2.85. The zero-order chi connectivity index (χ0) is 28.5. The van der Waals surface area contributed by atoms with E-state index >= 15 is 0 Å². The van der Waals surface area contributed by atoms with Gasteiger partial charge in [-0.1, -0.05) is 97.1 Å². The Morgan fingerprint density at radius 1 is 0.476 bits per heavy atom. The Morgan fingerprint density at radius 3 is 1.29 bits per heavy atom. The van der Waals surface area contributed by atoms with Crippen LogP contribution in [0.15, 0.2) is 109 Å². The Balaban J connectivity index is 0.000000137. The number of fused-ring (bicyclic) bond motifs is 6. The highest BCUT2D eigenvalue weighted by Crippen LogP contribution is 2.32. The van der Waals surface area contributed by atoms with Crippen molar-refractivity contribution in [1.82, 2.24) is 18.9 Å². The molecular formula is C38H40N4. The highest BCUT2D eigenvalue weighted by molar-refractivity contribution is 5.86. The third-order valence-electron chi connectivity index (χ3n) is 9.07. The van der Waals surface area contributed by atoms with Gasteiger partial charge in [0.1, 0.15) is 0 Å². The minimum absolute atomic E-state index is 0.973. The predicted molar refractivity (Wildman–Crippen MR) is 175 cm³/mol. The van der Waals surface area contributed by atoms with Crippen LogP contribution in [0.1, 0.15) is 33.6 Å². The second kappa shape index (κ2) is 11.6. The van der Waals surface area contributed by atoms with Crippen LogP contribution in [0.4, 0.5) is 0 Å². The first-order chi connectivity index (χ1) is 20.7. The third-order valence-corrected chi connectivity index (χ3v) is 9.07. The van der Waals surface area contributed by atoms with Gasteiger partial charge < -0.3 is 18.9 Å². The molecule has 2 aliphatic rings. The zero-order valence-electron chi connectivity index (χ0n) is 24.8. The lowest BCUT2D eigenvalue weighted by Crippen LogP contribution is -2.27. The average molecular weight is 553 g/mol. The van der Waals surface area contributed by atoms with Gasteiger partial charge in [0, 0.05) is 85.3 Å². The molecule has 0 unspecified atom stereocenters. The van der Waals surface area contributed by atoms with Gasteiger partial charge in [0.25, 0.3) is 0 Å². The van der Waals surface area contributed by atoms with Crippen molar-refractivity contribution in [3.63, 3.8) is 0 Å². The second-order valence-electron chi connectivity index (χ2n) is 12.0. The highest BCUT2D eigenvalue weighted by atomic mass is 15.1. The Morgan fingerprint density at radius 2 is 0.857 bits per heavy atom. The van der Waals surface area contributed by atoms with Crippen molar-refractivity contribution in [3.05, 3.63) is 143 Å². The maximum absolute atomic E-state index is 2.52. The molecule has 0 amide bonds. The van der Waals surface area contributed by atoms with Gasteiger partial charge in [0.05, 0.1) is 0 Å². The molecule has 4 heteroatoms. The SMILES string of the molecule is CN1CCc2c(c3ccccc3n2Cc2ccccc2)C1.CN1CCc2c(c3ccccc3n2Cc2ccccc2)C1. The fourth-order valence-electron chi connectivity index (χ4n) is 6.97. The number of para-hydroxylation sites is 2. The van der Waals surface area contributed by atoms with Gasteiger partial charge in [-0.3, -0.25) is 0 Å². The van der Waals surface area contributed by atoms with Crippen molar-refractivity contribution >= 4 is 21.8 Å². The molecule has 6 aromatic rings. The first-order valence-electron chi connectivity index (χ1n) is 15.3. The van der Waals surface area contributed by atoms with E-state index in [0.717, 1.165) is 52.1 Å². The number of aromatic nitrogens is 2. The number of nitrogens with zero attached hydrogens (tertiary/aromatic N) is 4. The fourth-order valence-corrected chi connectivity index (χ4v) is 6.97. The molecule has 0 atom stereocenters. The number of likely N-dealkylation sites (N-methyl/N-ethyl adjacent to an activating group) is 2. The smallest absolute Gasteiger partial charge is 0.0489 e. The van der Waals surface area contributed by atoms with Crippen LogP contribution in [0.2, 0.25) is 0 Å². The Kier molecular flexibility index (Phi) is 7.41. The van der Waals surface area contributed by atoms with Crippen molar-refractivity contribution in [3.8, 4) is 0 Å².